The summed E-state index contributed by atoms with van der Waals surface area (Å²) >= 11 is 3.36. The lowest BCUT2D eigenvalue weighted by atomic mass is 10.0. The fourth-order valence-electron chi connectivity index (χ4n) is 1.37. The molecule has 0 aliphatic heterocycles. The first-order chi connectivity index (χ1) is 6.06. The van der Waals surface area contributed by atoms with Crippen molar-refractivity contribution < 1.29 is 4.79 Å². The molecule has 0 heterocycles. The number of carbonyl (C=O) groups is 1. The molecular formula is C10H12BrNO. The quantitative estimate of drug-likeness (QED) is 0.808. The lowest BCUT2D eigenvalue weighted by Gasteiger charge is -2.07. The van der Waals surface area contributed by atoms with Crippen molar-refractivity contribution in [3.05, 3.63) is 33.3 Å². The van der Waals surface area contributed by atoms with Crippen LogP contribution in [-0.2, 0) is 0 Å². The summed E-state index contributed by atoms with van der Waals surface area (Å²) in [6, 6.07) is 3.91. The standard InChI is InChI=1S/C10H12BrNO/c1-6-3-7(2)10(8(11)4-6)9(13)5-12/h3-4H,5,12H2,1-2H3. The van der Waals surface area contributed by atoms with Crippen molar-refractivity contribution in [2.75, 3.05) is 6.54 Å². The molecule has 1 aromatic rings. The number of rotatable bonds is 2. The number of carbonyl (C=O) groups excluding carboxylic acids is 1. The van der Waals surface area contributed by atoms with E-state index >= 15 is 0 Å². The van der Waals surface area contributed by atoms with Crippen molar-refractivity contribution in [2.24, 2.45) is 5.73 Å². The summed E-state index contributed by atoms with van der Waals surface area (Å²) in [6.45, 7) is 3.97. The minimum absolute atomic E-state index is 0.0237. The van der Waals surface area contributed by atoms with E-state index in [9.17, 15) is 4.79 Å². The number of halogens is 1. The van der Waals surface area contributed by atoms with Gasteiger partial charge in [-0.25, -0.2) is 0 Å². The predicted molar refractivity (Wildman–Crippen MR) is 57.0 cm³/mol. The highest BCUT2D eigenvalue weighted by Crippen LogP contribution is 2.22. The molecule has 0 spiro atoms. The Morgan fingerprint density at radius 3 is 2.54 bits per heavy atom. The van der Waals surface area contributed by atoms with Gasteiger partial charge < -0.3 is 5.73 Å². The van der Waals surface area contributed by atoms with Crippen LogP contribution in [0, 0.1) is 13.8 Å². The Balaban J connectivity index is 3.28. The third kappa shape index (κ3) is 2.17. The van der Waals surface area contributed by atoms with Crippen molar-refractivity contribution >= 4 is 21.7 Å². The van der Waals surface area contributed by atoms with E-state index in [2.05, 4.69) is 15.9 Å². The minimum atomic E-state index is -0.0237. The van der Waals surface area contributed by atoms with Crippen LogP contribution in [0.4, 0.5) is 0 Å². The highest BCUT2D eigenvalue weighted by atomic mass is 79.9. The number of hydrogen-bond donors (Lipinski definition) is 1. The number of hydrogen-bond acceptors (Lipinski definition) is 2. The van der Waals surface area contributed by atoms with Gasteiger partial charge in [-0.2, -0.15) is 0 Å². The van der Waals surface area contributed by atoms with Crippen molar-refractivity contribution in [1.29, 1.82) is 0 Å². The Bertz CT molecular complexity index is 324. The summed E-state index contributed by atoms with van der Waals surface area (Å²) in [6.07, 6.45) is 0. The lowest BCUT2D eigenvalue weighted by Crippen LogP contribution is -2.15. The van der Waals surface area contributed by atoms with Crippen LogP contribution in [0.15, 0.2) is 16.6 Å². The second-order valence-electron chi connectivity index (χ2n) is 3.07. The summed E-state index contributed by atoms with van der Waals surface area (Å²) in [7, 11) is 0. The maximum absolute atomic E-state index is 11.4. The largest absolute Gasteiger partial charge is 0.324 e. The molecule has 0 saturated carbocycles. The monoisotopic (exact) mass is 241 g/mol. The van der Waals surface area contributed by atoms with Gasteiger partial charge in [0.1, 0.15) is 0 Å². The number of nitrogens with two attached hydrogens (primary N) is 1. The maximum atomic E-state index is 11.4. The van der Waals surface area contributed by atoms with E-state index in [1.165, 1.54) is 0 Å². The van der Waals surface area contributed by atoms with Gasteiger partial charge in [0, 0.05) is 10.0 Å². The molecule has 0 amide bonds. The predicted octanol–water partition coefficient (Wildman–Crippen LogP) is 2.21. The van der Waals surface area contributed by atoms with E-state index in [1.807, 2.05) is 26.0 Å². The SMILES string of the molecule is Cc1cc(C)c(C(=O)CN)c(Br)c1. The molecule has 0 fully saturated rings. The molecule has 0 aliphatic rings. The summed E-state index contributed by atoms with van der Waals surface area (Å²) < 4.78 is 0.834. The minimum Gasteiger partial charge on any atom is -0.324 e. The number of aryl methyl sites for hydroxylation is 2. The molecule has 0 bridgehead atoms. The number of ketones is 1. The molecule has 1 aromatic carbocycles. The van der Waals surface area contributed by atoms with Crippen molar-refractivity contribution in [2.45, 2.75) is 13.8 Å². The zero-order valence-electron chi connectivity index (χ0n) is 7.73. The van der Waals surface area contributed by atoms with Crippen LogP contribution in [-0.4, -0.2) is 12.3 Å². The normalized spacial score (nSPS) is 10.2. The number of Topliss-reactive ketones (excluding diaryl/α,β-unsaturated/α-hetero) is 1. The van der Waals surface area contributed by atoms with Gasteiger partial charge in [-0.3, -0.25) is 4.79 Å². The Hall–Kier alpha value is -0.670. The molecule has 13 heavy (non-hydrogen) atoms. The first-order valence-corrected chi connectivity index (χ1v) is 4.85. The van der Waals surface area contributed by atoms with Crippen LogP contribution in [0.25, 0.3) is 0 Å². The van der Waals surface area contributed by atoms with E-state index in [0.717, 1.165) is 15.6 Å². The van der Waals surface area contributed by atoms with Gasteiger partial charge in [-0.1, -0.05) is 22.0 Å². The zero-order valence-corrected chi connectivity index (χ0v) is 9.31. The molecule has 3 heteroatoms. The van der Waals surface area contributed by atoms with E-state index in [0.29, 0.717) is 5.56 Å². The van der Waals surface area contributed by atoms with Gasteiger partial charge in [0.15, 0.2) is 5.78 Å². The summed E-state index contributed by atoms with van der Waals surface area (Å²) in [5.74, 6) is -0.0237. The molecule has 2 N–H and O–H groups in total. The molecule has 0 aromatic heterocycles. The first kappa shape index (κ1) is 10.4. The van der Waals surface area contributed by atoms with Crippen LogP contribution in [0.1, 0.15) is 21.5 Å². The van der Waals surface area contributed by atoms with Gasteiger partial charge in [0.2, 0.25) is 0 Å². The molecule has 1 rings (SSSR count). The van der Waals surface area contributed by atoms with Crippen LogP contribution >= 0.6 is 15.9 Å². The average Bonchev–Trinajstić information content (AvgIpc) is 2.02. The molecule has 2 nitrogen and oxygen atoms in total. The smallest absolute Gasteiger partial charge is 0.177 e. The van der Waals surface area contributed by atoms with E-state index in [1.54, 1.807) is 0 Å². The van der Waals surface area contributed by atoms with Gasteiger partial charge in [-0.05, 0) is 31.0 Å². The molecule has 70 valence electrons. The van der Waals surface area contributed by atoms with Crippen LogP contribution in [0.5, 0.6) is 0 Å². The molecule has 0 unspecified atom stereocenters. The first-order valence-electron chi connectivity index (χ1n) is 4.06. The molecule has 0 aliphatic carbocycles. The van der Waals surface area contributed by atoms with Gasteiger partial charge >= 0.3 is 0 Å². The van der Waals surface area contributed by atoms with E-state index < -0.39 is 0 Å². The van der Waals surface area contributed by atoms with E-state index in [4.69, 9.17) is 5.73 Å². The number of benzene rings is 1. The summed E-state index contributed by atoms with van der Waals surface area (Å²) in [4.78, 5) is 11.4. The van der Waals surface area contributed by atoms with Crippen LogP contribution < -0.4 is 5.73 Å². The van der Waals surface area contributed by atoms with Crippen LogP contribution in [0.2, 0.25) is 0 Å². The topological polar surface area (TPSA) is 43.1 Å². The maximum Gasteiger partial charge on any atom is 0.177 e. The van der Waals surface area contributed by atoms with Crippen LogP contribution in [0.3, 0.4) is 0 Å². The summed E-state index contributed by atoms with van der Waals surface area (Å²) in [5.41, 5.74) is 8.12. The molecule has 0 saturated heterocycles. The van der Waals surface area contributed by atoms with E-state index in [-0.39, 0.29) is 12.3 Å². The Morgan fingerprint density at radius 1 is 1.46 bits per heavy atom. The van der Waals surface area contributed by atoms with Gasteiger partial charge in [0.05, 0.1) is 6.54 Å². The van der Waals surface area contributed by atoms with Crippen molar-refractivity contribution in [1.82, 2.24) is 0 Å². The van der Waals surface area contributed by atoms with Gasteiger partial charge in [-0.15, -0.1) is 0 Å². The highest BCUT2D eigenvalue weighted by Gasteiger charge is 2.11. The Kier molecular flexibility index (Phi) is 3.22. The fourth-order valence-corrected chi connectivity index (χ4v) is 2.27. The highest BCUT2D eigenvalue weighted by molar-refractivity contribution is 9.10. The Morgan fingerprint density at radius 2 is 2.08 bits per heavy atom. The van der Waals surface area contributed by atoms with Crippen molar-refractivity contribution in [3.63, 3.8) is 0 Å². The molecule has 0 atom stereocenters. The average molecular weight is 242 g/mol. The lowest BCUT2D eigenvalue weighted by molar-refractivity contribution is 0.1000. The Labute approximate surface area is 86.3 Å². The second-order valence-corrected chi connectivity index (χ2v) is 3.92. The third-order valence-electron chi connectivity index (χ3n) is 1.90. The second kappa shape index (κ2) is 4.03. The third-order valence-corrected chi connectivity index (χ3v) is 2.52. The van der Waals surface area contributed by atoms with Crippen molar-refractivity contribution in [3.8, 4) is 0 Å². The molecular weight excluding hydrogens is 230 g/mol. The summed E-state index contributed by atoms with van der Waals surface area (Å²) in [5, 5.41) is 0. The molecule has 0 radical (unpaired) electrons. The zero-order chi connectivity index (χ0) is 10.0. The van der Waals surface area contributed by atoms with Gasteiger partial charge in [0.25, 0.3) is 0 Å². The fraction of sp³-hybridized carbons (Fsp3) is 0.300.